The predicted octanol–water partition coefficient (Wildman–Crippen LogP) is 3.26. The quantitative estimate of drug-likeness (QED) is 0.812. The van der Waals surface area contributed by atoms with Crippen molar-refractivity contribution < 1.29 is 29.2 Å². The summed E-state index contributed by atoms with van der Waals surface area (Å²) in [6, 6.07) is 1.74. The molecule has 0 bridgehead atoms. The number of nitrogens with one attached hydrogen (secondary N) is 1. The number of allylic oxidation sites excluding steroid dienone is 1. The van der Waals surface area contributed by atoms with Gasteiger partial charge in [-0.2, -0.15) is 0 Å². The van der Waals surface area contributed by atoms with Gasteiger partial charge >= 0.3 is 5.97 Å². The highest BCUT2D eigenvalue weighted by atomic mass is 35.5. The average molecular weight is 367 g/mol. The van der Waals surface area contributed by atoms with Gasteiger partial charge in [0.15, 0.2) is 0 Å². The molecule has 1 aliphatic carbocycles. The normalized spacial score (nSPS) is 26.2. The molecular formula is C15H17ClFNO4S. The number of esters is 1. The number of halogens is 2. The number of carbonyl (C=O) groups is 1. The van der Waals surface area contributed by atoms with Gasteiger partial charge in [0.2, 0.25) is 10.0 Å². The van der Waals surface area contributed by atoms with Crippen LogP contribution >= 0.6 is 11.6 Å². The Bertz CT molecular complexity index is 938. The van der Waals surface area contributed by atoms with Crippen LogP contribution in [-0.4, -0.2) is 26.2 Å². The first kappa shape index (κ1) is 11.9. The van der Waals surface area contributed by atoms with Gasteiger partial charge in [-0.3, -0.25) is 4.72 Å². The minimum Gasteiger partial charge on any atom is -0.463 e. The minimum absolute atomic E-state index is 0.157. The molecule has 0 fully saturated rings. The molecular weight excluding hydrogens is 345 g/mol. The molecule has 0 saturated carbocycles. The molecule has 0 aliphatic heterocycles. The number of carbonyl (C=O) groups excluding carboxylic acids is 1. The van der Waals surface area contributed by atoms with Crippen LogP contribution in [0, 0.1) is 5.82 Å². The summed E-state index contributed by atoms with van der Waals surface area (Å²) in [6.45, 7) is 1.29. The summed E-state index contributed by atoms with van der Waals surface area (Å²) in [7, 11) is -4.58. The Morgan fingerprint density at radius 1 is 1.61 bits per heavy atom. The van der Waals surface area contributed by atoms with Crippen LogP contribution in [0.3, 0.4) is 0 Å². The fraction of sp³-hybridized carbons (Fsp3) is 0.400. The molecule has 2 rings (SSSR count). The fourth-order valence-electron chi connectivity index (χ4n) is 1.89. The molecule has 126 valence electrons. The number of anilines is 1. The van der Waals surface area contributed by atoms with E-state index in [1.54, 1.807) is 0 Å². The van der Waals surface area contributed by atoms with E-state index in [1.807, 2.05) is 0 Å². The van der Waals surface area contributed by atoms with Crippen molar-refractivity contribution in [3.8, 4) is 0 Å². The molecule has 1 aromatic carbocycles. The van der Waals surface area contributed by atoms with E-state index >= 15 is 0 Å². The third-order valence-corrected chi connectivity index (χ3v) is 4.92. The standard InChI is InChI=1S/C15H17ClFNO4S/c1-2-22-15(19)11-5-3-4-6-14(11)23(20,21)18-13-8-7-10(17)9-12(13)16/h5,7-9,14,18H,2-4,6H2,1H3/i3D2,4D2,5D. The maximum atomic E-state index is 13.2. The number of ether oxygens (including phenoxy) is 1. The molecule has 1 aromatic rings. The Morgan fingerprint density at radius 2 is 2.35 bits per heavy atom. The van der Waals surface area contributed by atoms with Gasteiger partial charge in [-0.05, 0) is 44.3 Å². The molecule has 1 N–H and O–H groups in total. The van der Waals surface area contributed by atoms with E-state index in [4.69, 9.17) is 23.2 Å². The predicted molar refractivity (Wildman–Crippen MR) is 86.3 cm³/mol. The van der Waals surface area contributed by atoms with Crippen molar-refractivity contribution in [1.82, 2.24) is 0 Å². The molecule has 23 heavy (non-hydrogen) atoms. The van der Waals surface area contributed by atoms with Gasteiger partial charge < -0.3 is 4.74 Å². The lowest BCUT2D eigenvalue weighted by atomic mass is 9.99. The van der Waals surface area contributed by atoms with Crippen LogP contribution in [-0.2, 0) is 19.6 Å². The topological polar surface area (TPSA) is 72.5 Å². The van der Waals surface area contributed by atoms with Gasteiger partial charge in [-0.15, -0.1) is 0 Å². The lowest BCUT2D eigenvalue weighted by molar-refractivity contribution is -0.138. The smallest absolute Gasteiger partial charge is 0.335 e. The third-order valence-electron chi connectivity index (χ3n) is 2.95. The molecule has 1 unspecified atom stereocenters. The zero-order valence-electron chi connectivity index (χ0n) is 17.0. The Kier molecular flexibility index (Phi) is 3.77. The molecule has 8 heteroatoms. The number of hydrogen-bond donors (Lipinski definition) is 1. The second-order valence-electron chi connectivity index (χ2n) is 4.52. The van der Waals surface area contributed by atoms with Gasteiger partial charge in [0, 0.05) is 5.48 Å². The fourth-order valence-corrected chi connectivity index (χ4v) is 3.56. The molecule has 0 heterocycles. The Labute approximate surface area is 146 Å². The van der Waals surface area contributed by atoms with Crippen molar-refractivity contribution in [3.05, 3.63) is 40.7 Å². The van der Waals surface area contributed by atoms with E-state index in [0.717, 1.165) is 18.2 Å². The lowest BCUT2D eigenvalue weighted by Crippen LogP contribution is -2.34. The van der Waals surface area contributed by atoms with Crippen LogP contribution in [0.2, 0.25) is 5.02 Å². The molecule has 0 radical (unpaired) electrons. The zero-order valence-corrected chi connectivity index (χ0v) is 13.6. The van der Waals surface area contributed by atoms with Gasteiger partial charge in [0.25, 0.3) is 0 Å². The largest absolute Gasteiger partial charge is 0.463 e. The summed E-state index contributed by atoms with van der Waals surface area (Å²) in [5.41, 5.74) is -1.01. The molecule has 1 aliphatic rings. The van der Waals surface area contributed by atoms with Crippen LogP contribution in [0.15, 0.2) is 29.8 Å². The second kappa shape index (κ2) is 7.31. The first-order chi connectivity index (χ1) is 12.7. The van der Waals surface area contributed by atoms with Gasteiger partial charge in [0.05, 0.1) is 24.3 Å². The number of sulfonamides is 1. The van der Waals surface area contributed by atoms with Crippen molar-refractivity contribution in [2.75, 3.05) is 11.3 Å². The minimum atomic E-state index is -4.58. The summed E-state index contributed by atoms with van der Waals surface area (Å²) in [5, 5.41) is -2.19. The summed E-state index contributed by atoms with van der Waals surface area (Å²) in [6.07, 6.45) is -6.61. The van der Waals surface area contributed by atoms with Gasteiger partial charge in [0.1, 0.15) is 11.1 Å². The molecule has 5 nitrogen and oxygen atoms in total. The maximum absolute atomic E-state index is 13.2. The van der Waals surface area contributed by atoms with Crippen molar-refractivity contribution in [2.45, 2.75) is 31.3 Å². The van der Waals surface area contributed by atoms with Crippen molar-refractivity contribution in [3.63, 3.8) is 0 Å². The van der Waals surface area contributed by atoms with Crippen molar-refractivity contribution in [1.29, 1.82) is 0 Å². The van der Waals surface area contributed by atoms with Gasteiger partial charge in [-0.1, -0.05) is 17.7 Å². The highest BCUT2D eigenvalue weighted by molar-refractivity contribution is 7.93. The maximum Gasteiger partial charge on any atom is 0.335 e. The van der Waals surface area contributed by atoms with Crippen LogP contribution in [0.25, 0.3) is 0 Å². The Morgan fingerprint density at radius 3 is 3.00 bits per heavy atom. The Hall–Kier alpha value is -1.60. The van der Waals surface area contributed by atoms with Crippen LogP contribution in [0.1, 0.15) is 32.9 Å². The average Bonchev–Trinajstić information content (AvgIpc) is 2.55. The number of rotatable bonds is 5. The summed E-state index contributed by atoms with van der Waals surface area (Å²) < 4.78 is 85.1. The van der Waals surface area contributed by atoms with E-state index in [2.05, 4.69) is 4.72 Å². The summed E-state index contributed by atoms with van der Waals surface area (Å²) in [5.74, 6) is -1.94. The summed E-state index contributed by atoms with van der Waals surface area (Å²) in [4.78, 5) is 12.3. The number of benzene rings is 1. The molecule has 0 spiro atoms. The first-order valence-corrected chi connectivity index (χ1v) is 8.52. The second-order valence-corrected chi connectivity index (χ2v) is 6.80. The number of hydrogen-bond acceptors (Lipinski definition) is 4. The van der Waals surface area contributed by atoms with E-state index in [0.29, 0.717) is 0 Å². The molecule has 0 amide bonds. The monoisotopic (exact) mass is 366 g/mol. The van der Waals surface area contributed by atoms with E-state index in [9.17, 15) is 17.6 Å². The highest BCUT2D eigenvalue weighted by Crippen LogP contribution is 2.30. The van der Waals surface area contributed by atoms with Crippen LogP contribution in [0.4, 0.5) is 10.1 Å². The van der Waals surface area contributed by atoms with Crippen molar-refractivity contribution in [2.24, 2.45) is 0 Å². The third kappa shape index (κ3) is 4.23. The molecule has 1 atom stereocenters. The molecule has 0 saturated heterocycles. The Balaban J connectivity index is 2.58. The zero-order chi connectivity index (χ0) is 21.5. The van der Waals surface area contributed by atoms with E-state index < -0.39 is 57.9 Å². The van der Waals surface area contributed by atoms with Crippen LogP contribution in [0.5, 0.6) is 0 Å². The highest BCUT2D eigenvalue weighted by Gasteiger charge is 2.35. The van der Waals surface area contributed by atoms with E-state index in [1.165, 1.54) is 6.92 Å². The van der Waals surface area contributed by atoms with E-state index in [-0.39, 0.29) is 17.3 Å². The summed E-state index contributed by atoms with van der Waals surface area (Å²) >= 11 is 5.81. The van der Waals surface area contributed by atoms with Crippen LogP contribution < -0.4 is 4.72 Å². The lowest BCUT2D eigenvalue weighted by Gasteiger charge is -2.24. The SMILES string of the molecule is [2H]C1=C(C(=O)OCC)C(S(=O)(=O)Nc2ccc(F)cc2Cl)CC([2H])([2H])C1([2H])[2H]. The van der Waals surface area contributed by atoms with Gasteiger partial charge in [-0.25, -0.2) is 17.6 Å². The van der Waals surface area contributed by atoms with Crippen molar-refractivity contribution >= 4 is 33.3 Å². The first-order valence-electron chi connectivity index (χ1n) is 9.09. The molecule has 0 aromatic heterocycles.